The molecule has 3 nitrogen and oxygen atoms in total. The average Bonchev–Trinajstić information content (AvgIpc) is 2.21. The van der Waals surface area contributed by atoms with Gasteiger partial charge in [-0.2, -0.15) is 0 Å². The van der Waals surface area contributed by atoms with Gasteiger partial charge in [0.25, 0.3) is 0 Å². The summed E-state index contributed by atoms with van der Waals surface area (Å²) in [6.07, 6.45) is 4.95. The third kappa shape index (κ3) is 6.96. The van der Waals surface area contributed by atoms with E-state index in [2.05, 4.69) is 6.92 Å². The number of rotatable bonds is 5. The molecule has 0 aliphatic heterocycles. The number of hydrogen-bond donors (Lipinski definition) is 0. The van der Waals surface area contributed by atoms with Crippen molar-refractivity contribution in [2.45, 2.75) is 59.5 Å². The monoisotopic (exact) mass is 310 g/mol. The van der Waals surface area contributed by atoms with Gasteiger partial charge in [0, 0.05) is 16.6 Å². The van der Waals surface area contributed by atoms with Crippen LogP contribution in [0.25, 0.3) is 0 Å². The second kappa shape index (κ2) is 6.77. The lowest BCUT2D eigenvalue weighted by molar-refractivity contribution is -0.0179. The zero-order valence-corrected chi connectivity index (χ0v) is 14.1. The second-order valence-corrected chi connectivity index (χ2v) is 9.82. The van der Waals surface area contributed by atoms with Crippen molar-refractivity contribution in [3.05, 3.63) is 0 Å². The molecule has 1 aliphatic rings. The first-order valence-corrected chi connectivity index (χ1v) is 9.59. The van der Waals surface area contributed by atoms with Crippen LogP contribution in [0.2, 0.25) is 0 Å². The van der Waals surface area contributed by atoms with Gasteiger partial charge in [0.15, 0.2) is 0 Å². The average molecular weight is 311 g/mol. The topological polar surface area (TPSA) is 43.4 Å². The predicted octanol–water partition coefficient (Wildman–Crippen LogP) is 3.81. The quantitative estimate of drug-likeness (QED) is 0.725. The van der Waals surface area contributed by atoms with Gasteiger partial charge in [-0.3, -0.25) is 0 Å². The molecule has 5 heteroatoms. The molecule has 0 aromatic heterocycles. The van der Waals surface area contributed by atoms with E-state index >= 15 is 0 Å². The van der Waals surface area contributed by atoms with Crippen LogP contribution in [-0.4, -0.2) is 26.9 Å². The molecule has 0 radical (unpaired) electrons. The molecule has 0 aromatic carbocycles. The van der Waals surface area contributed by atoms with Gasteiger partial charge in [-0.1, -0.05) is 40.5 Å². The van der Waals surface area contributed by atoms with E-state index in [9.17, 15) is 8.42 Å². The van der Waals surface area contributed by atoms with Crippen molar-refractivity contribution >= 4 is 19.7 Å². The molecule has 1 saturated carbocycles. The molecular weight excluding hydrogens is 284 g/mol. The summed E-state index contributed by atoms with van der Waals surface area (Å²) in [5.41, 5.74) is -0.123. The van der Waals surface area contributed by atoms with E-state index in [-0.39, 0.29) is 23.2 Å². The molecule has 0 spiro atoms. The molecule has 114 valence electrons. The Morgan fingerprint density at radius 2 is 1.95 bits per heavy atom. The van der Waals surface area contributed by atoms with Gasteiger partial charge in [0.2, 0.25) is 9.05 Å². The molecule has 0 bridgehead atoms. The smallest absolute Gasteiger partial charge is 0.232 e. The summed E-state index contributed by atoms with van der Waals surface area (Å²) < 4.78 is 28.6. The van der Waals surface area contributed by atoms with E-state index in [0.29, 0.717) is 12.5 Å². The number of halogens is 1. The fourth-order valence-corrected chi connectivity index (χ4v) is 4.10. The first-order chi connectivity index (χ1) is 8.58. The van der Waals surface area contributed by atoms with Crippen molar-refractivity contribution in [1.82, 2.24) is 0 Å². The predicted molar refractivity (Wildman–Crippen MR) is 80.0 cm³/mol. The Morgan fingerprint density at radius 3 is 2.42 bits per heavy atom. The molecule has 3 atom stereocenters. The highest BCUT2D eigenvalue weighted by molar-refractivity contribution is 8.13. The highest BCUT2D eigenvalue weighted by Crippen LogP contribution is 2.31. The minimum Gasteiger partial charge on any atom is -0.378 e. The summed E-state index contributed by atoms with van der Waals surface area (Å²) in [5.74, 6) is 0.635. The molecular formula is C14H27ClO3S. The maximum Gasteiger partial charge on any atom is 0.232 e. The molecule has 1 fully saturated rings. The van der Waals surface area contributed by atoms with E-state index in [1.54, 1.807) is 0 Å². The van der Waals surface area contributed by atoms with Crippen molar-refractivity contribution in [1.29, 1.82) is 0 Å². The minimum atomic E-state index is -3.48. The first-order valence-electron chi connectivity index (χ1n) is 7.12. The van der Waals surface area contributed by atoms with Crippen LogP contribution in [0.3, 0.4) is 0 Å². The Kier molecular flexibility index (Phi) is 6.15. The van der Waals surface area contributed by atoms with E-state index in [0.717, 1.165) is 12.8 Å². The molecule has 19 heavy (non-hydrogen) atoms. The lowest BCUT2D eigenvalue weighted by Gasteiger charge is -2.33. The zero-order chi connectivity index (χ0) is 14.7. The molecule has 1 rings (SSSR count). The Morgan fingerprint density at radius 1 is 1.32 bits per heavy atom. The van der Waals surface area contributed by atoms with Gasteiger partial charge in [0.1, 0.15) is 0 Å². The van der Waals surface area contributed by atoms with Gasteiger partial charge in [-0.15, -0.1) is 0 Å². The van der Waals surface area contributed by atoms with Gasteiger partial charge >= 0.3 is 0 Å². The molecule has 0 N–H and O–H groups in total. The largest absolute Gasteiger partial charge is 0.378 e. The SMILES string of the molecule is CC1CCCC(OCC(CS(=O)(=O)Cl)C(C)(C)C)C1. The summed E-state index contributed by atoms with van der Waals surface area (Å²) >= 11 is 0. The zero-order valence-electron chi connectivity index (χ0n) is 12.5. The van der Waals surface area contributed by atoms with Gasteiger partial charge in [0.05, 0.1) is 18.5 Å². The molecule has 1 aliphatic carbocycles. The Hall–Kier alpha value is 0.200. The summed E-state index contributed by atoms with van der Waals surface area (Å²) in [6, 6.07) is 0. The summed E-state index contributed by atoms with van der Waals surface area (Å²) in [4.78, 5) is 0. The van der Waals surface area contributed by atoms with Crippen molar-refractivity contribution in [2.75, 3.05) is 12.4 Å². The van der Waals surface area contributed by atoms with E-state index < -0.39 is 9.05 Å². The van der Waals surface area contributed by atoms with E-state index in [1.807, 2.05) is 20.8 Å². The molecule has 3 unspecified atom stereocenters. The Balaban J connectivity index is 2.53. The second-order valence-electron chi connectivity index (χ2n) is 7.00. The van der Waals surface area contributed by atoms with Gasteiger partial charge in [-0.05, 0) is 24.2 Å². The lowest BCUT2D eigenvalue weighted by Crippen LogP contribution is -2.33. The summed E-state index contributed by atoms with van der Waals surface area (Å²) in [6.45, 7) is 8.83. The Labute approximate surface area is 122 Å². The van der Waals surface area contributed by atoms with Crippen LogP contribution in [0.5, 0.6) is 0 Å². The van der Waals surface area contributed by atoms with Crippen LogP contribution in [0, 0.1) is 17.3 Å². The number of hydrogen-bond acceptors (Lipinski definition) is 3. The molecule has 0 saturated heterocycles. The maximum atomic E-state index is 11.3. The molecule has 0 heterocycles. The molecule has 0 aromatic rings. The first kappa shape index (κ1) is 17.3. The Bertz CT molecular complexity index is 373. The van der Waals surface area contributed by atoms with E-state index in [1.165, 1.54) is 12.8 Å². The highest BCUT2D eigenvalue weighted by Gasteiger charge is 2.30. The van der Waals surface area contributed by atoms with Crippen LogP contribution >= 0.6 is 10.7 Å². The van der Waals surface area contributed by atoms with Crippen LogP contribution in [0.1, 0.15) is 53.4 Å². The van der Waals surface area contributed by atoms with Crippen molar-refractivity contribution < 1.29 is 13.2 Å². The van der Waals surface area contributed by atoms with Gasteiger partial charge < -0.3 is 4.74 Å². The fraction of sp³-hybridized carbons (Fsp3) is 1.00. The summed E-state index contributed by atoms with van der Waals surface area (Å²) in [5, 5.41) is 0. The number of ether oxygens (including phenoxy) is 1. The van der Waals surface area contributed by atoms with Crippen LogP contribution in [0.15, 0.2) is 0 Å². The lowest BCUT2D eigenvalue weighted by atomic mass is 9.82. The van der Waals surface area contributed by atoms with Crippen LogP contribution < -0.4 is 0 Å². The molecule has 0 amide bonds. The van der Waals surface area contributed by atoms with Crippen molar-refractivity contribution in [3.63, 3.8) is 0 Å². The standard InChI is InChI=1S/C14H27ClO3S/c1-11-6-5-7-13(8-11)18-9-12(14(2,3)4)10-19(15,16)17/h11-13H,5-10H2,1-4H3. The highest BCUT2D eigenvalue weighted by atomic mass is 35.7. The van der Waals surface area contributed by atoms with E-state index in [4.69, 9.17) is 15.4 Å². The van der Waals surface area contributed by atoms with Crippen molar-refractivity contribution in [2.24, 2.45) is 17.3 Å². The minimum absolute atomic E-state index is 0.0136. The van der Waals surface area contributed by atoms with Crippen LogP contribution in [-0.2, 0) is 13.8 Å². The third-order valence-electron chi connectivity index (χ3n) is 4.05. The van der Waals surface area contributed by atoms with Crippen molar-refractivity contribution in [3.8, 4) is 0 Å². The maximum absolute atomic E-state index is 11.3. The normalized spacial score (nSPS) is 27.2. The van der Waals surface area contributed by atoms with Gasteiger partial charge in [-0.25, -0.2) is 8.42 Å². The van der Waals surface area contributed by atoms with Crippen LogP contribution in [0.4, 0.5) is 0 Å². The third-order valence-corrected chi connectivity index (χ3v) is 5.22. The fourth-order valence-electron chi connectivity index (χ4n) is 2.57. The summed E-state index contributed by atoms with van der Waals surface area (Å²) in [7, 11) is 1.92.